The van der Waals surface area contributed by atoms with E-state index in [-0.39, 0.29) is 0 Å². The Kier molecular flexibility index (Phi) is 3.57. The summed E-state index contributed by atoms with van der Waals surface area (Å²) in [6.45, 7) is 2.47. The standard InChI is InChI=1S/C13H16ClNO2/c1-9-6-7-10-4-2-3-5-12(10)15(9)8-11(14)13(16)17/h2-5,9,11H,6-8H2,1H3,(H,16,17). The van der Waals surface area contributed by atoms with Crippen LogP contribution in [0.1, 0.15) is 18.9 Å². The van der Waals surface area contributed by atoms with Gasteiger partial charge in [0.1, 0.15) is 5.38 Å². The maximum atomic E-state index is 10.8. The third-order valence-electron chi connectivity index (χ3n) is 3.29. The normalized spacial score (nSPS) is 20.8. The van der Waals surface area contributed by atoms with Gasteiger partial charge < -0.3 is 10.0 Å². The van der Waals surface area contributed by atoms with Gasteiger partial charge >= 0.3 is 5.97 Å². The fraction of sp³-hybridized carbons (Fsp3) is 0.462. The fourth-order valence-electron chi connectivity index (χ4n) is 2.29. The molecule has 1 aliphatic heterocycles. The highest BCUT2D eigenvalue weighted by molar-refractivity contribution is 6.30. The molecule has 4 heteroatoms. The van der Waals surface area contributed by atoms with E-state index in [1.165, 1.54) is 5.56 Å². The summed E-state index contributed by atoms with van der Waals surface area (Å²) >= 11 is 5.84. The summed E-state index contributed by atoms with van der Waals surface area (Å²) < 4.78 is 0. The number of nitrogens with zero attached hydrogens (tertiary/aromatic N) is 1. The SMILES string of the molecule is CC1CCc2ccccc2N1CC(Cl)C(=O)O. The third kappa shape index (κ3) is 2.55. The Morgan fingerprint density at radius 2 is 2.29 bits per heavy atom. The van der Waals surface area contributed by atoms with Crippen LogP contribution >= 0.6 is 11.6 Å². The molecule has 92 valence electrons. The van der Waals surface area contributed by atoms with Crippen molar-refractivity contribution in [3.63, 3.8) is 0 Å². The summed E-state index contributed by atoms with van der Waals surface area (Å²) in [5, 5.41) is 8.03. The number of hydrogen-bond donors (Lipinski definition) is 1. The molecule has 0 bridgehead atoms. The number of aliphatic carboxylic acids is 1. The highest BCUT2D eigenvalue weighted by Crippen LogP contribution is 2.30. The molecular weight excluding hydrogens is 238 g/mol. The number of alkyl halides is 1. The quantitative estimate of drug-likeness (QED) is 0.842. The molecule has 2 atom stereocenters. The van der Waals surface area contributed by atoms with E-state index in [9.17, 15) is 4.79 Å². The molecule has 0 saturated carbocycles. The minimum atomic E-state index is -0.957. The number of rotatable bonds is 3. The number of para-hydroxylation sites is 1. The molecular formula is C13H16ClNO2. The van der Waals surface area contributed by atoms with Gasteiger partial charge in [-0.1, -0.05) is 18.2 Å². The summed E-state index contributed by atoms with van der Waals surface area (Å²) in [6.07, 6.45) is 2.09. The Morgan fingerprint density at radius 1 is 1.59 bits per heavy atom. The van der Waals surface area contributed by atoms with Gasteiger partial charge in [-0.15, -0.1) is 11.6 Å². The maximum Gasteiger partial charge on any atom is 0.323 e. The highest BCUT2D eigenvalue weighted by atomic mass is 35.5. The van der Waals surface area contributed by atoms with Crippen LogP contribution in [0.3, 0.4) is 0 Å². The number of fused-ring (bicyclic) bond motifs is 1. The summed E-state index contributed by atoms with van der Waals surface area (Å²) in [4.78, 5) is 12.9. The average molecular weight is 254 g/mol. The molecule has 0 saturated heterocycles. The number of halogens is 1. The Bertz CT molecular complexity index is 422. The van der Waals surface area contributed by atoms with Crippen molar-refractivity contribution in [3.05, 3.63) is 29.8 Å². The molecule has 1 aromatic rings. The number of benzene rings is 1. The second kappa shape index (κ2) is 4.96. The molecule has 0 radical (unpaired) electrons. The Hall–Kier alpha value is -1.22. The molecule has 17 heavy (non-hydrogen) atoms. The van der Waals surface area contributed by atoms with Crippen molar-refractivity contribution in [2.75, 3.05) is 11.4 Å². The van der Waals surface area contributed by atoms with Gasteiger partial charge in [-0.2, -0.15) is 0 Å². The minimum absolute atomic E-state index is 0.338. The van der Waals surface area contributed by atoms with Crippen molar-refractivity contribution in [2.24, 2.45) is 0 Å². The maximum absolute atomic E-state index is 10.8. The van der Waals surface area contributed by atoms with E-state index in [2.05, 4.69) is 17.9 Å². The van der Waals surface area contributed by atoms with Gasteiger partial charge in [0.05, 0.1) is 0 Å². The average Bonchev–Trinajstić information content (AvgIpc) is 2.32. The van der Waals surface area contributed by atoms with Gasteiger partial charge in [0, 0.05) is 18.3 Å². The lowest BCUT2D eigenvalue weighted by atomic mass is 9.96. The second-order valence-electron chi connectivity index (χ2n) is 4.47. The van der Waals surface area contributed by atoms with E-state index in [0.29, 0.717) is 12.6 Å². The number of anilines is 1. The van der Waals surface area contributed by atoms with Gasteiger partial charge in [0.2, 0.25) is 0 Å². The Balaban J connectivity index is 2.23. The molecule has 2 rings (SSSR count). The van der Waals surface area contributed by atoms with Crippen LogP contribution in [-0.2, 0) is 11.2 Å². The van der Waals surface area contributed by atoms with E-state index in [4.69, 9.17) is 16.7 Å². The third-order valence-corrected chi connectivity index (χ3v) is 3.61. The van der Waals surface area contributed by atoms with Crippen LogP contribution in [0.15, 0.2) is 24.3 Å². The van der Waals surface area contributed by atoms with Crippen LogP contribution in [0, 0.1) is 0 Å². The van der Waals surface area contributed by atoms with Gasteiger partial charge in [0.25, 0.3) is 0 Å². The number of hydrogen-bond acceptors (Lipinski definition) is 2. The van der Waals surface area contributed by atoms with Crippen molar-refractivity contribution in [1.29, 1.82) is 0 Å². The van der Waals surface area contributed by atoms with Crippen molar-refractivity contribution in [2.45, 2.75) is 31.2 Å². The van der Waals surface area contributed by atoms with Crippen molar-refractivity contribution >= 4 is 23.3 Å². The van der Waals surface area contributed by atoms with E-state index in [0.717, 1.165) is 18.5 Å². The lowest BCUT2D eigenvalue weighted by Gasteiger charge is -2.37. The lowest BCUT2D eigenvalue weighted by molar-refractivity contribution is -0.136. The first-order valence-corrected chi connectivity index (χ1v) is 6.24. The van der Waals surface area contributed by atoms with E-state index in [1.807, 2.05) is 18.2 Å². The van der Waals surface area contributed by atoms with Crippen LogP contribution < -0.4 is 4.90 Å². The van der Waals surface area contributed by atoms with Crippen LogP contribution in [-0.4, -0.2) is 29.0 Å². The predicted molar refractivity (Wildman–Crippen MR) is 68.8 cm³/mol. The largest absolute Gasteiger partial charge is 0.480 e. The zero-order valence-corrected chi connectivity index (χ0v) is 10.5. The van der Waals surface area contributed by atoms with Crippen molar-refractivity contribution in [3.8, 4) is 0 Å². The second-order valence-corrected chi connectivity index (χ2v) is 5.00. The van der Waals surface area contributed by atoms with E-state index < -0.39 is 11.3 Å². The minimum Gasteiger partial charge on any atom is -0.480 e. The zero-order chi connectivity index (χ0) is 12.4. The van der Waals surface area contributed by atoms with Crippen LogP contribution in [0.25, 0.3) is 0 Å². The first-order valence-electron chi connectivity index (χ1n) is 5.81. The van der Waals surface area contributed by atoms with Gasteiger partial charge in [0.15, 0.2) is 0 Å². The van der Waals surface area contributed by atoms with Crippen molar-refractivity contribution in [1.82, 2.24) is 0 Å². The summed E-state index contributed by atoms with van der Waals surface area (Å²) in [7, 11) is 0. The Morgan fingerprint density at radius 3 is 3.00 bits per heavy atom. The summed E-state index contributed by atoms with van der Waals surface area (Å²) in [6, 6.07) is 8.47. The summed E-state index contributed by atoms with van der Waals surface area (Å²) in [5.74, 6) is -0.957. The van der Waals surface area contributed by atoms with Crippen LogP contribution in [0.2, 0.25) is 0 Å². The van der Waals surface area contributed by atoms with Crippen LogP contribution in [0.4, 0.5) is 5.69 Å². The number of aryl methyl sites for hydroxylation is 1. The topological polar surface area (TPSA) is 40.5 Å². The first kappa shape index (κ1) is 12.2. The highest BCUT2D eigenvalue weighted by Gasteiger charge is 2.26. The van der Waals surface area contributed by atoms with Gasteiger partial charge in [-0.3, -0.25) is 4.79 Å². The number of carboxylic acid groups (broad SMARTS) is 1. The molecule has 1 aliphatic rings. The molecule has 0 amide bonds. The molecule has 0 fully saturated rings. The molecule has 1 N–H and O–H groups in total. The molecule has 1 aromatic carbocycles. The van der Waals surface area contributed by atoms with Crippen molar-refractivity contribution < 1.29 is 9.90 Å². The van der Waals surface area contributed by atoms with Crippen LogP contribution in [0.5, 0.6) is 0 Å². The Labute approximate surface area is 106 Å². The molecule has 0 spiro atoms. The fourth-order valence-corrected chi connectivity index (χ4v) is 2.44. The molecule has 3 nitrogen and oxygen atoms in total. The smallest absolute Gasteiger partial charge is 0.323 e. The number of carbonyl (C=O) groups is 1. The van der Waals surface area contributed by atoms with Gasteiger partial charge in [-0.25, -0.2) is 0 Å². The van der Waals surface area contributed by atoms with Gasteiger partial charge in [-0.05, 0) is 31.4 Å². The first-order chi connectivity index (χ1) is 8.09. The van der Waals surface area contributed by atoms with E-state index in [1.54, 1.807) is 0 Å². The molecule has 0 aromatic heterocycles. The number of carboxylic acids is 1. The molecule has 1 heterocycles. The lowest BCUT2D eigenvalue weighted by Crippen LogP contribution is -2.42. The van der Waals surface area contributed by atoms with E-state index >= 15 is 0 Å². The monoisotopic (exact) mass is 253 g/mol. The molecule has 2 unspecified atom stereocenters. The summed E-state index contributed by atoms with van der Waals surface area (Å²) in [5.41, 5.74) is 2.40. The predicted octanol–water partition coefficient (Wildman–Crippen LogP) is 2.52. The molecule has 0 aliphatic carbocycles. The zero-order valence-electron chi connectivity index (χ0n) is 9.77.